The quantitative estimate of drug-likeness (QED) is 0.0776. The first-order valence-corrected chi connectivity index (χ1v) is 14.8. The Morgan fingerprint density at radius 3 is 1.96 bits per heavy atom. The molecule has 274 valence electrons. The number of nitrogens with one attached hydrogen (secondary N) is 1. The molecule has 0 radical (unpaired) electrons. The van der Waals surface area contributed by atoms with E-state index in [2.05, 4.69) is 35.4 Å². The van der Waals surface area contributed by atoms with Crippen LogP contribution in [0.15, 0.2) is 15.3 Å². The molecule has 1 saturated heterocycles. The number of carbonyl (C=O) groups excluding carboxylic acids is 6. The number of carbonyl (C=O) groups is 6. The molecule has 0 bridgehead atoms. The smallest absolute Gasteiger partial charge is 0.303 e. The average Bonchev–Trinajstić information content (AvgIpc) is 3.01. The number of rotatable bonds is 15. The second-order valence-corrected chi connectivity index (χ2v) is 10.8. The molecule has 50 heavy (non-hydrogen) atoms. The number of ether oxygens (including phenoxy) is 7. The molecule has 0 aromatic rings. The molecule has 1 saturated carbocycles. The van der Waals surface area contributed by atoms with Crippen LogP contribution in [0.25, 0.3) is 31.3 Å². The fraction of sp³-hybridized carbons (Fsp3) is 0.769. The van der Waals surface area contributed by atoms with E-state index in [0.717, 1.165) is 34.6 Å². The molecule has 24 heteroatoms. The van der Waals surface area contributed by atoms with Gasteiger partial charge in [-0.3, -0.25) is 28.8 Å². The molecular weight excluding hydrogens is 676 g/mol. The van der Waals surface area contributed by atoms with Gasteiger partial charge >= 0.3 is 29.8 Å². The average molecular weight is 713 g/mol. The van der Waals surface area contributed by atoms with Crippen LogP contribution in [0.4, 0.5) is 0 Å². The SMILES string of the molecule is CC(=O)OCC1O[C@H](O[C@@H]2C(N=[N+]=[N-])C[C@@H](NC(=O)[C@H](CCN=[N+]=[N-])OC(C)=O)C(OC(C)=O)C2O)C(N=[N+]=[N-])C(OC(C)=O)[C@@H]1OC(C)=O. The number of hydrogen-bond acceptors (Lipinski definition) is 17. The maximum atomic E-state index is 13.2. The Bertz CT molecular complexity index is 1430. The predicted octanol–water partition coefficient (Wildman–Crippen LogP) is 0.694. The molecule has 2 rings (SSSR count). The van der Waals surface area contributed by atoms with E-state index in [0.29, 0.717) is 0 Å². The van der Waals surface area contributed by atoms with E-state index in [4.69, 9.17) is 38.7 Å². The lowest BCUT2D eigenvalue weighted by molar-refractivity contribution is -0.298. The molecule has 1 amide bonds. The van der Waals surface area contributed by atoms with Gasteiger partial charge in [-0.2, -0.15) is 0 Å². The van der Waals surface area contributed by atoms with Crippen molar-refractivity contribution in [1.82, 2.24) is 5.32 Å². The van der Waals surface area contributed by atoms with Crippen molar-refractivity contribution >= 4 is 35.8 Å². The van der Waals surface area contributed by atoms with Crippen LogP contribution >= 0.6 is 0 Å². The lowest BCUT2D eigenvalue weighted by Crippen LogP contribution is -2.66. The van der Waals surface area contributed by atoms with Crippen LogP contribution < -0.4 is 5.32 Å². The summed E-state index contributed by atoms with van der Waals surface area (Å²) in [4.78, 5) is 80.7. The van der Waals surface area contributed by atoms with Gasteiger partial charge in [0.2, 0.25) is 0 Å². The molecule has 1 aliphatic carbocycles. The second-order valence-electron chi connectivity index (χ2n) is 10.8. The van der Waals surface area contributed by atoms with Gasteiger partial charge in [0.1, 0.15) is 24.9 Å². The number of azide groups is 3. The number of aliphatic hydroxyl groups excluding tert-OH is 1. The van der Waals surface area contributed by atoms with Crippen molar-refractivity contribution in [1.29, 1.82) is 0 Å². The number of esters is 5. The molecule has 0 aromatic carbocycles. The molecule has 11 atom stereocenters. The third-order valence-electron chi connectivity index (χ3n) is 7.08. The third kappa shape index (κ3) is 11.9. The number of nitrogens with zero attached hydrogens (tertiary/aromatic N) is 9. The van der Waals surface area contributed by atoms with Gasteiger partial charge in [0, 0.05) is 55.9 Å². The summed E-state index contributed by atoms with van der Waals surface area (Å²) < 4.78 is 37.9. The Kier molecular flexibility index (Phi) is 16.0. The van der Waals surface area contributed by atoms with Gasteiger partial charge in [-0.25, -0.2) is 0 Å². The van der Waals surface area contributed by atoms with Crippen LogP contribution in [-0.2, 0) is 61.9 Å². The third-order valence-corrected chi connectivity index (χ3v) is 7.08. The molecule has 0 aromatic heterocycles. The normalized spacial score (nSPS) is 29.2. The van der Waals surface area contributed by atoms with E-state index in [1.54, 1.807) is 0 Å². The largest absolute Gasteiger partial charge is 0.463 e. The van der Waals surface area contributed by atoms with Crippen LogP contribution in [0.2, 0.25) is 0 Å². The second kappa shape index (κ2) is 19.6. The van der Waals surface area contributed by atoms with Crippen molar-refractivity contribution in [2.75, 3.05) is 13.2 Å². The molecule has 1 aliphatic heterocycles. The minimum Gasteiger partial charge on any atom is -0.463 e. The minimum absolute atomic E-state index is 0.235. The van der Waals surface area contributed by atoms with Gasteiger partial charge in [-0.15, -0.1) is 0 Å². The first-order valence-electron chi connectivity index (χ1n) is 14.8. The topological polar surface area (TPSA) is 346 Å². The van der Waals surface area contributed by atoms with Crippen molar-refractivity contribution in [3.63, 3.8) is 0 Å². The lowest BCUT2D eigenvalue weighted by atomic mass is 9.83. The molecule has 0 spiro atoms. The molecule has 2 N–H and O–H groups in total. The van der Waals surface area contributed by atoms with E-state index in [-0.39, 0.29) is 19.4 Å². The highest BCUT2D eigenvalue weighted by molar-refractivity contribution is 5.83. The summed E-state index contributed by atoms with van der Waals surface area (Å²) in [6.07, 6.45) is -13.6. The van der Waals surface area contributed by atoms with Crippen molar-refractivity contribution < 1.29 is 67.0 Å². The van der Waals surface area contributed by atoms with E-state index in [9.17, 15) is 44.9 Å². The maximum absolute atomic E-state index is 13.2. The van der Waals surface area contributed by atoms with Crippen LogP contribution in [0, 0.1) is 0 Å². The van der Waals surface area contributed by atoms with Crippen molar-refractivity contribution in [2.45, 2.75) is 115 Å². The Balaban J connectivity index is 2.55. The fourth-order valence-corrected chi connectivity index (χ4v) is 5.29. The minimum atomic E-state index is -1.93. The van der Waals surface area contributed by atoms with E-state index < -0.39 is 110 Å². The number of aliphatic hydroxyl groups is 1. The van der Waals surface area contributed by atoms with Gasteiger partial charge in [-0.1, -0.05) is 15.3 Å². The molecular formula is C26H36N10O14. The summed E-state index contributed by atoms with van der Waals surface area (Å²) >= 11 is 0. The van der Waals surface area contributed by atoms with Gasteiger partial charge in [0.25, 0.3) is 5.91 Å². The highest BCUT2D eigenvalue weighted by Crippen LogP contribution is 2.35. The summed E-state index contributed by atoms with van der Waals surface area (Å²) in [5.74, 6) is -5.26. The summed E-state index contributed by atoms with van der Waals surface area (Å²) in [6, 6.07) is -4.33. The van der Waals surface area contributed by atoms with Crippen LogP contribution in [0.3, 0.4) is 0 Å². The number of hydrogen-bond donors (Lipinski definition) is 2. The molecule has 6 unspecified atom stereocenters. The zero-order valence-corrected chi connectivity index (χ0v) is 27.5. The standard InChI is InChI=1S/C26H36N10O14/c1-10(37)44-9-18-23(47-13(4)40)24(48-14(5)41)19(33-36-29)26(49-18)50-22-16(32-35-28)8-15(21(20(22)42)46-12(3)39)31-25(43)17(45-11(2)38)6-7-30-34-27/h15-24,26,42H,6-9H2,1-5H3,(H,31,43)/t15-,16?,17+,18?,19?,20?,21?,22-,23-,24?,26-/m1/s1. The Hall–Kier alpha value is -5.37. The zero-order chi connectivity index (χ0) is 37.5. The Labute approximate surface area is 282 Å². The van der Waals surface area contributed by atoms with Crippen LogP contribution in [0.5, 0.6) is 0 Å². The summed E-state index contributed by atoms with van der Waals surface area (Å²) in [6.45, 7) is 4.32. The first kappa shape index (κ1) is 40.8. The maximum Gasteiger partial charge on any atom is 0.303 e. The fourth-order valence-electron chi connectivity index (χ4n) is 5.29. The molecule has 2 fully saturated rings. The molecule has 2 aliphatic rings. The highest BCUT2D eigenvalue weighted by Gasteiger charge is 2.54. The van der Waals surface area contributed by atoms with Crippen molar-refractivity contribution in [2.24, 2.45) is 15.3 Å². The predicted molar refractivity (Wildman–Crippen MR) is 159 cm³/mol. The van der Waals surface area contributed by atoms with Crippen LogP contribution in [-0.4, -0.2) is 121 Å². The van der Waals surface area contributed by atoms with Crippen molar-refractivity contribution in [3.8, 4) is 0 Å². The highest BCUT2D eigenvalue weighted by atomic mass is 16.7. The lowest BCUT2D eigenvalue weighted by Gasteiger charge is -2.47. The Morgan fingerprint density at radius 1 is 0.820 bits per heavy atom. The monoisotopic (exact) mass is 712 g/mol. The van der Waals surface area contributed by atoms with Gasteiger partial charge in [0.15, 0.2) is 30.7 Å². The Morgan fingerprint density at radius 2 is 1.42 bits per heavy atom. The number of amides is 1. The summed E-state index contributed by atoms with van der Waals surface area (Å²) in [5, 5.41) is 24.6. The van der Waals surface area contributed by atoms with Crippen molar-refractivity contribution in [3.05, 3.63) is 31.3 Å². The van der Waals surface area contributed by atoms with Gasteiger partial charge < -0.3 is 43.6 Å². The molecule has 1 heterocycles. The van der Waals surface area contributed by atoms with Gasteiger partial charge in [0.05, 0.1) is 18.2 Å². The molecule has 24 nitrogen and oxygen atoms in total. The van der Waals surface area contributed by atoms with E-state index >= 15 is 0 Å². The summed E-state index contributed by atoms with van der Waals surface area (Å²) in [7, 11) is 0. The van der Waals surface area contributed by atoms with Gasteiger partial charge in [-0.05, 0) is 29.4 Å². The van der Waals surface area contributed by atoms with E-state index in [1.807, 2.05) is 0 Å². The zero-order valence-electron chi connectivity index (χ0n) is 27.5. The van der Waals surface area contributed by atoms with Crippen LogP contribution in [0.1, 0.15) is 47.5 Å². The first-order chi connectivity index (χ1) is 23.6. The van der Waals surface area contributed by atoms with E-state index in [1.165, 1.54) is 0 Å². The summed E-state index contributed by atoms with van der Waals surface area (Å²) in [5.41, 5.74) is 27.3.